The van der Waals surface area contributed by atoms with Gasteiger partial charge in [-0.1, -0.05) is 26.0 Å². The molecular formula is C16H25NO2. The van der Waals surface area contributed by atoms with Crippen LogP contribution in [0.2, 0.25) is 0 Å². The van der Waals surface area contributed by atoms with Gasteiger partial charge in [-0.2, -0.15) is 0 Å². The molecule has 106 valence electrons. The molecule has 19 heavy (non-hydrogen) atoms. The third kappa shape index (κ3) is 6.08. The van der Waals surface area contributed by atoms with Gasteiger partial charge in [0.05, 0.1) is 6.61 Å². The van der Waals surface area contributed by atoms with Crippen LogP contribution in [-0.4, -0.2) is 25.9 Å². The van der Waals surface area contributed by atoms with Gasteiger partial charge < -0.3 is 14.8 Å². The van der Waals surface area contributed by atoms with Crippen LogP contribution in [0.5, 0.6) is 5.75 Å². The molecule has 0 saturated heterocycles. The molecule has 0 aromatic heterocycles. The molecule has 3 nitrogen and oxygen atoms in total. The summed E-state index contributed by atoms with van der Waals surface area (Å²) in [5.41, 5.74) is 1.28. The normalized spacial score (nSPS) is 14.9. The van der Waals surface area contributed by atoms with Crippen LogP contribution in [0.3, 0.4) is 0 Å². The van der Waals surface area contributed by atoms with Crippen molar-refractivity contribution in [1.29, 1.82) is 0 Å². The number of rotatable bonds is 9. The highest BCUT2D eigenvalue weighted by atomic mass is 16.5. The number of benzene rings is 1. The second-order valence-corrected chi connectivity index (χ2v) is 5.62. The zero-order valence-electron chi connectivity index (χ0n) is 12.0. The molecule has 1 saturated carbocycles. The molecule has 1 aliphatic rings. The Morgan fingerprint density at radius 1 is 1.26 bits per heavy atom. The van der Waals surface area contributed by atoms with E-state index in [4.69, 9.17) is 9.47 Å². The SMILES string of the molecule is CC(C)COCCOc1cccc(CNC2CC2)c1. The summed E-state index contributed by atoms with van der Waals surface area (Å²) in [6.07, 6.45) is 2.65. The topological polar surface area (TPSA) is 30.5 Å². The van der Waals surface area contributed by atoms with Crippen LogP contribution in [-0.2, 0) is 11.3 Å². The minimum atomic E-state index is 0.580. The van der Waals surface area contributed by atoms with Gasteiger partial charge in [-0.15, -0.1) is 0 Å². The van der Waals surface area contributed by atoms with Crippen molar-refractivity contribution >= 4 is 0 Å². The summed E-state index contributed by atoms with van der Waals surface area (Å²) in [6.45, 7) is 7.31. The Morgan fingerprint density at radius 2 is 2.11 bits per heavy atom. The van der Waals surface area contributed by atoms with Gasteiger partial charge in [0.25, 0.3) is 0 Å². The molecule has 0 aliphatic heterocycles. The summed E-state index contributed by atoms with van der Waals surface area (Å²) in [6, 6.07) is 9.04. The first kappa shape index (κ1) is 14.4. The lowest BCUT2D eigenvalue weighted by Gasteiger charge is -2.10. The van der Waals surface area contributed by atoms with Gasteiger partial charge in [0, 0.05) is 19.2 Å². The van der Waals surface area contributed by atoms with Crippen LogP contribution in [0, 0.1) is 5.92 Å². The standard InChI is InChI=1S/C16H25NO2/c1-13(2)12-18-8-9-19-16-5-3-4-14(10-16)11-17-15-6-7-15/h3-5,10,13,15,17H,6-9,11-12H2,1-2H3. The third-order valence-electron chi connectivity index (χ3n) is 3.02. The van der Waals surface area contributed by atoms with E-state index in [1.807, 2.05) is 12.1 Å². The zero-order chi connectivity index (χ0) is 13.5. The molecule has 0 unspecified atom stereocenters. The molecule has 0 spiro atoms. The Kier molecular flexibility index (Phi) is 5.67. The van der Waals surface area contributed by atoms with Crippen molar-refractivity contribution in [2.24, 2.45) is 5.92 Å². The maximum Gasteiger partial charge on any atom is 0.119 e. The average Bonchev–Trinajstić information content (AvgIpc) is 3.20. The molecule has 0 amide bonds. The van der Waals surface area contributed by atoms with Crippen LogP contribution >= 0.6 is 0 Å². The Balaban J connectivity index is 1.65. The Hall–Kier alpha value is -1.06. The maximum absolute atomic E-state index is 5.70. The van der Waals surface area contributed by atoms with Gasteiger partial charge in [0.15, 0.2) is 0 Å². The Bertz CT molecular complexity index is 375. The van der Waals surface area contributed by atoms with Gasteiger partial charge in [-0.05, 0) is 36.5 Å². The van der Waals surface area contributed by atoms with Gasteiger partial charge in [-0.25, -0.2) is 0 Å². The van der Waals surface area contributed by atoms with E-state index in [1.54, 1.807) is 0 Å². The number of hydrogen-bond acceptors (Lipinski definition) is 3. The molecular weight excluding hydrogens is 238 g/mol. The molecule has 0 radical (unpaired) electrons. The second kappa shape index (κ2) is 7.51. The lowest BCUT2D eigenvalue weighted by atomic mass is 10.2. The summed E-state index contributed by atoms with van der Waals surface area (Å²) >= 11 is 0. The highest BCUT2D eigenvalue weighted by Crippen LogP contribution is 2.20. The quantitative estimate of drug-likeness (QED) is 0.695. The predicted molar refractivity (Wildman–Crippen MR) is 77.5 cm³/mol. The number of nitrogens with one attached hydrogen (secondary N) is 1. The van der Waals surface area contributed by atoms with Crippen molar-refractivity contribution in [3.05, 3.63) is 29.8 Å². The van der Waals surface area contributed by atoms with Crippen molar-refractivity contribution in [3.63, 3.8) is 0 Å². The highest BCUT2D eigenvalue weighted by Gasteiger charge is 2.19. The highest BCUT2D eigenvalue weighted by molar-refractivity contribution is 5.28. The molecule has 2 rings (SSSR count). The Morgan fingerprint density at radius 3 is 2.84 bits per heavy atom. The van der Waals surface area contributed by atoms with Gasteiger partial charge in [0.1, 0.15) is 12.4 Å². The van der Waals surface area contributed by atoms with Crippen LogP contribution in [0.25, 0.3) is 0 Å². The average molecular weight is 263 g/mol. The smallest absolute Gasteiger partial charge is 0.119 e. The first-order valence-electron chi connectivity index (χ1n) is 7.27. The van der Waals surface area contributed by atoms with E-state index in [0.29, 0.717) is 19.1 Å². The van der Waals surface area contributed by atoms with Crippen molar-refractivity contribution in [3.8, 4) is 5.75 Å². The van der Waals surface area contributed by atoms with E-state index in [2.05, 4.69) is 31.3 Å². The summed E-state index contributed by atoms with van der Waals surface area (Å²) in [5, 5.41) is 3.51. The summed E-state index contributed by atoms with van der Waals surface area (Å²) < 4.78 is 11.2. The van der Waals surface area contributed by atoms with Gasteiger partial charge in [-0.3, -0.25) is 0 Å². The second-order valence-electron chi connectivity index (χ2n) is 5.62. The molecule has 1 aromatic rings. The zero-order valence-corrected chi connectivity index (χ0v) is 12.0. The summed E-state index contributed by atoms with van der Waals surface area (Å²) in [4.78, 5) is 0. The van der Waals surface area contributed by atoms with Crippen LogP contribution < -0.4 is 10.1 Å². The minimum absolute atomic E-state index is 0.580. The van der Waals surface area contributed by atoms with Crippen molar-refractivity contribution in [1.82, 2.24) is 5.32 Å². The fraction of sp³-hybridized carbons (Fsp3) is 0.625. The minimum Gasteiger partial charge on any atom is -0.491 e. The van der Waals surface area contributed by atoms with E-state index >= 15 is 0 Å². The molecule has 1 aliphatic carbocycles. The molecule has 1 fully saturated rings. The maximum atomic E-state index is 5.70. The van der Waals surface area contributed by atoms with E-state index in [-0.39, 0.29) is 0 Å². The lowest BCUT2D eigenvalue weighted by Crippen LogP contribution is -2.15. The molecule has 0 heterocycles. The summed E-state index contributed by atoms with van der Waals surface area (Å²) in [7, 11) is 0. The van der Waals surface area contributed by atoms with E-state index < -0.39 is 0 Å². The molecule has 3 heteroatoms. The van der Waals surface area contributed by atoms with Crippen molar-refractivity contribution < 1.29 is 9.47 Å². The van der Waals surface area contributed by atoms with Gasteiger partial charge in [0.2, 0.25) is 0 Å². The predicted octanol–water partition coefficient (Wildman–Crippen LogP) is 2.99. The summed E-state index contributed by atoms with van der Waals surface area (Å²) in [5.74, 6) is 1.51. The van der Waals surface area contributed by atoms with E-state index in [0.717, 1.165) is 24.9 Å². The Labute approximate surface area is 116 Å². The molecule has 0 atom stereocenters. The lowest BCUT2D eigenvalue weighted by molar-refractivity contribution is 0.0819. The molecule has 0 bridgehead atoms. The van der Waals surface area contributed by atoms with Crippen molar-refractivity contribution in [2.45, 2.75) is 39.3 Å². The van der Waals surface area contributed by atoms with Crippen LogP contribution in [0.4, 0.5) is 0 Å². The van der Waals surface area contributed by atoms with E-state index in [9.17, 15) is 0 Å². The number of ether oxygens (including phenoxy) is 2. The molecule has 1 N–H and O–H groups in total. The van der Waals surface area contributed by atoms with Crippen molar-refractivity contribution in [2.75, 3.05) is 19.8 Å². The largest absolute Gasteiger partial charge is 0.491 e. The first-order valence-corrected chi connectivity index (χ1v) is 7.27. The van der Waals surface area contributed by atoms with Crippen LogP contribution in [0.1, 0.15) is 32.3 Å². The number of hydrogen-bond donors (Lipinski definition) is 1. The van der Waals surface area contributed by atoms with E-state index in [1.165, 1.54) is 18.4 Å². The third-order valence-corrected chi connectivity index (χ3v) is 3.02. The first-order chi connectivity index (χ1) is 9.24. The van der Waals surface area contributed by atoms with Crippen LogP contribution in [0.15, 0.2) is 24.3 Å². The van der Waals surface area contributed by atoms with Gasteiger partial charge >= 0.3 is 0 Å². The molecule has 1 aromatic carbocycles. The monoisotopic (exact) mass is 263 g/mol. The fourth-order valence-corrected chi connectivity index (χ4v) is 1.83. The fourth-order valence-electron chi connectivity index (χ4n) is 1.83.